The first-order valence-corrected chi connectivity index (χ1v) is 8.13. The zero-order chi connectivity index (χ0) is 15.5. The van der Waals surface area contributed by atoms with Crippen LogP contribution in [0.15, 0.2) is 35.4 Å². The Morgan fingerprint density at radius 1 is 1.29 bits per heavy atom. The van der Waals surface area contributed by atoms with Crippen LogP contribution in [0.3, 0.4) is 0 Å². The third-order valence-electron chi connectivity index (χ3n) is 2.90. The molecule has 0 aliphatic heterocycles. The number of aromatic nitrogens is 2. The van der Waals surface area contributed by atoms with Gasteiger partial charge in [0, 0.05) is 18.3 Å². The van der Waals surface area contributed by atoms with E-state index < -0.39 is 10.0 Å². The number of sulfonamides is 1. The molecule has 0 aliphatic carbocycles. The van der Waals surface area contributed by atoms with Gasteiger partial charge in [-0.25, -0.2) is 23.5 Å². The van der Waals surface area contributed by atoms with Gasteiger partial charge in [-0.3, -0.25) is 0 Å². The van der Waals surface area contributed by atoms with Gasteiger partial charge in [-0.1, -0.05) is 12.1 Å². The summed E-state index contributed by atoms with van der Waals surface area (Å²) >= 11 is 5.74. The topological polar surface area (TPSA) is 98.0 Å². The molecule has 1 heterocycles. The Morgan fingerprint density at radius 3 is 2.57 bits per heavy atom. The van der Waals surface area contributed by atoms with Gasteiger partial charge in [-0.05, 0) is 42.6 Å². The molecule has 2 rings (SSSR count). The van der Waals surface area contributed by atoms with Gasteiger partial charge in [0.05, 0.1) is 4.90 Å². The first-order chi connectivity index (χ1) is 9.86. The van der Waals surface area contributed by atoms with Crippen molar-refractivity contribution in [3.63, 3.8) is 0 Å². The molecule has 6 nitrogen and oxygen atoms in total. The average Bonchev–Trinajstić information content (AvgIpc) is 2.42. The molecule has 0 amide bonds. The number of nitrogens with one attached hydrogen (secondary N) is 1. The van der Waals surface area contributed by atoms with Crippen molar-refractivity contribution in [3.8, 4) is 0 Å². The number of nitrogens with zero attached hydrogens (tertiary/aromatic N) is 2. The first kappa shape index (κ1) is 15.7. The SMILES string of the molecule is Cc1cnc(Cl)nc1NCCc1ccc(S(N)(=O)=O)cc1. The number of hydrogen-bond donors (Lipinski definition) is 2. The van der Waals surface area contributed by atoms with Gasteiger partial charge in [0.2, 0.25) is 15.3 Å². The summed E-state index contributed by atoms with van der Waals surface area (Å²) in [6, 6.07) is 6.47. The zero-order valence-corrected chi connectivity index (χ0v) is 12.9. The van der Waals surface area contributed by atoms with Crippen LogP contribution in [-0.4, -0.2) is 24.9 Å². The van der Waals surface area contributed by atoms with Crippen LogP contribution in [0.25, 0.3) is 0 Å². The van der Waals surface area contributed by atoms with E-state index in [1.54, 1.807) is 18.3 Å². The molecule has 0 fully saturated rings. The van der Waals surface area contributed by atoms with Crippen molar-refractivity contribution in [3.05, 3.63) is 46.9 Å². The van der Waals surface area contributed by atoms with E-state index in [0.717, 1.165) is 11.1 Å². The average molecular weight is 327 g/mol. The van der Waals surface area contributed by atoms with Gasteiger partial charge < -0.3 is 5.32 Å². The summed E-state index contributed by atoms with van der Waals surface area (Å²) in [5.74, 6) is 0.691. The number of anilines is 1. The largest absolute Gasteiger partial charge is 0.369 e. The molecule has 0 spiro atoms. The predicted octanol–water partition coefficient (Wildman–Crippen LogP) is 1.74. The highest BCUT2D eigenvalue weighted by atomic mass is 35.5. The van der Waals surface area contributed by atoms with Crippen molar-refractivity contribution in [1.29, 1.82) is 0 Å². The second-order valence-corrected chi connectivity index (χ2v) is 6.44. The lowest BCUT2D eigenvalue weighted by atomic mass is 10.1. The Morgan fingerprint density at radius 2 is 1.95 bits per heavy atom. The third-order valence-corrected chi connectivity index (χ3v) is 4.01. The molecule has 0 aliphatic rings. The maximum atomic E-state index is 11.2. The fraction of sp³-hybridized carbons (Fsp3) is 0.231. The second kappa shape index (κ2) is 6.38. The summed E-state index contributed by atoms with van der Waals surface area (Å²) in [7, 11) is -3.64. The smallest absolute Gasteiger partial charge is 0.238 e. The van der Waals surface area contributed by atoms with Crippen molar-refractivity contribution in [2.75, 3.05) is 11.9 Å². The lowest BCUT2D eigenvalue weighted by Crippen LogP contribution is -2.12. The lowest BCUT2D eigenvalue weighted by molar-refractivity contribution is 0.598. The van der Waals surface area contributed by atoms with E-state index in [-0.39, 0.29) is 10.2 Å². The molecule has 1 aromatic heterocycles. The number of hydrogen-bond acceptors (Lipinski definition) is 5. The lowest BCUT2D eigenvalue weighted by Gasteiger charge is -2.08. The Balaban J connectivity index is 1.96. The fourth-order valence-electron chi connectivity index (χ4n) is 1.77. The van der Waals surface area contributed by atoms with Crippen LogP contribution >= 0.6 is 11.6 Å². The van der Waals surface area contributed by atoms with E-state index in [0.29, 0.717) is 18.8 Å². The minimum Gasteiger partial charge on any atom is -0.369 e. The molecule has 0 bridgehead atoms. The minimum absolute atomic E-state index is 0.109. The number of halogens is 1. The summed E-state index contributed by atoms with van der Waals surface area (Å²) in [5, 5.41) is 8.41. The number of benzene rings is 1. The van der Waals surface area contributed by atoms with E-state index in [4.69, 9.17) is 16.7 Å². The summed E-state index contributed by atoms with van der Waals surface area (Å²) < 4.78 is 22.3. The van der Waals surface area contributed by atoms with E-state index in [9.17, 15) is 8.42 Å². The van der Waals surface area contributed by atoms with E-state index in [1.807, 2.05) is 6.92 Å². The molecule has 0 radical (unpaired) electrons. The molecule has 112 valence electrons. The van der Waals surface area contributed by atoms with Crippen LogP contribution < -0.4 is 10.5 Å². The summed E-state index contributed by atoms with van der Waals surface area (Å²) in [5.41, 5.74) is 1.90. The Hall–Kier alpha value is -1.70. The molecule has 21 heavy (non-hydrogen) atoms. The highest BCUT2D eigenvalue weighted by Crippen LogP contribution is 2.13. The standard InChI is InChI=1S/C13H15ClN4O2S/c1-9-8-17-13(14)18-12(9)16-7-6-10-2-4-11(5-3-10)21(15,19)20/h2-5,8H,6-7H2,1H3,(H2,15,19,20)(H,16,17,18). The van der Waals surface area contributed by atoms with E-state index in [1.165, 1.54) is 12.1 Å². The predicted molar refractivity (Wildman–Crippen MR) is 81.8 cm³/mol. The number of aryl methyl sites for hydroxylation is 1. The first-order valence-electron chi connectivity index (χ1n) is 6.21. The van der Waals surface area contributed by atoms with Crippen molar-refractivity contribution in [2.45, 2.75) is 18.2 Å². The van der Waals surface area contributed by atoms with Crippen molar-refractivity contribution in [2.24, 2.45) is 5.14 Å². The highest BCUT2D eigenvalue weighted by molar-refractivity contribution is 7.89. The summed E-state index contributed by atoms with van der Waals surface area (Å²) in [6.07, 6.45) is 2.37. The molecule has 3 N–H and O–H groups in total. The van der Waals surface area contributed by atoms with Crippen LogP contribution in [0.2, 0.25) is 5.28 Å². The van der Waals surface area contributed by atoms with Gasteiger partial charge in [0.25, 0.3) is 0 Å². The maximum absolute atomic E-state index is 11.2. The molecule has 2 aromatic rings. The zero-order valence-electron chi connectivity index (χ0n) is 11.4. The quantitative estimate of drug-likeness (QED) is 0.815. The number of rotatable bonds is 5. The molecule has 0 saturated carbocycles. The molecular formula is C13H15ClN4O2S. The Labute approximate surface area is 128 Å². The van der Waals surface area contributed by atoms with Gasteiger partial charge in [0.15, 0.2) is 0 Å². The van der Waals surface area contributed by atoms with E-state index >= 15 is 0 Å². The molecule has 0 saturated heterocycles. The summed E-state index contributed by atoms with van der Waals surface area (Å²) in [4.78, 5) is 8.09. The monoisotopic (exact) mass is 326 g/mol. The van der Waals surface area contributed by atoms with Crippen LogP contribution in [0.1, 0.15) is 11.1 Å². The van der Waals surface area contributed by atoms with E-state index in [2.05, 4.69) is 15.3 Å². The van der Waals surface area contributed by atoms with Crippen LogP contribution in [0, 0.1) is 6.92 Å². The third kappa shape index (κ3) is 4.38. The van der Waals surface area contributed by atoms with Gasteiger partial charge in [-0.15, -0.1) is 0 Å². The Bertz CT molecular complexity index is 732. The van der Waals surface area contributed by atoms with Gasteiger partial charge in [0.1, 0.15) is 5.82 Å². The van der Waals surface area contributed by atoms with Crippen molar-refractivity contribution in [1.82, 2.24) is 9.97 Å². The minimum atomic E-state index is -3.64. The normalized spacial score (nSPS) is 11.4. The van der Waals surface area contributed by atoms with Gasteiger partial charge >= 0.3 is 0 Å². The van der Waals surface area contributed by atoms with Gasteiger partial charge in [-0.2, -0.15) is 0 Å². The molecule has 8 heteroatoms. The maximum Gasteiger partial charge on any atom is 0.238 e. The van der Waals surface area contributed by atoms with Crippen LogP contribution in [0.5, 0.6) is 0 Å². The fourth-order valence-corrected chi connectivity index (χ4v) is 2.42. The van der Waals surface area contributed by atoms with Crippen molar-refractivity contribution >= 4 is 27.4 Å². The van der Waals surface area contributed by atoms with Crippen LogP contribution in [-0.2, 0) is 16.4 Å². The number of nitrogens with two attached hydrogens (primary N) is 1. The summed E-state index contributed by atoms with van der Waals surface area (Å²) in [6.45, 7) is 2.53. The second-order valence-electron chi connectivity index (χ2n) is 4.54. The molecule has 0 atom stereocenters. The molecular weight excluding hydrogens is 312 g/mol. The number of primary sulfonamides is 1. The van der Waals surface area contributed by atoms with Crippen molar-refractivity contribution < 1.29 is 8.42 Å². The van der Waals surface area contributed by atoms with Crippen LogP contribution in [0.4, 0.5) is 5.82 Å². The highest BCUT2D eigenvalue weighted by Gasteiger charge is 2.07. The molecule has 1 aromatic carbocycles. The molecule has 0 unspecified atom stereocenters. The Kier molecular flexibility index (Phi) is 4.76.